The molecule has 1 aliphatic rings. The van der Waals surface area contributed by atoms with Crippen molar-refractivity contribution in [3.63, 3.8) is 0 Å². The second kappa shape index (κ2) is 6.29. The van der Waals surface area contributed by atoms with Crippen molar-refractivity contribution in [3.8, 4) is 28.4 Å². The van der Waals surface area contributed by atoms with E-state index in [4.69, 9.17) is 14.2 Å². The van der Waals surface area contributed by atoms with E-state index in [-0.39, 0.29) is 11.0 Å². The van der Waals surface area contributed by atoms with Crippen molar-refractivity contribution in [2.45, 2.75) is 38.7 Å². The minimum Gasteiger partial charge on any atom is -0.496 e. The fourth-order valence-corrected chi connectivity index (χ4v) is 6.64. The second-order valence-corrected chi connectivity index (χ2v) is 10.2. The first-order chi connectivity index (χ1) is 11.4. The Balaban J connectivity index is 2.29. The van der Waals surface area contributed by atoms with E-state index in [1.165, 1.54) is 5.30 Å². The first-order valence-electron chi connectivity index (χ1n) is 8.19. The van der Waals surface area contributed by atoms with Gasteiger partial charge in [0.15, 0.2) is 0 Å². The molecule has 0 saturated heterocycles. The Bertz CT molecular complexity index is 727. The zero-order chi connectivity index (χ0) is 17.5. The molecule has 0 bridgehead atoms. The molecule has 0 radical (unpaired) electrons. The molecule has 4 heteroatoms. The molecule has 0 aliphatic carbocycles. The third kappa shape index (κ3) is 2.75. The number of hydrogen-bond donors (Lipinski definition) is 0. The average Bonchev–Trinajstić information content (AvgIpc) is 2.89. The van der Waals surface area contributed by atoms with Gasteiger partial charge in [-0.2, -0.15) is 0 Å². The molecule has 2 atom stereocenters. The first kappa shape index (κ1) is 17.1. The van der Waals surface area contributed by atoms with Crippen LogP contribution in [0.15, 0.2) is 36.4 Å². The topological polar surface area (TPSA) is 27.7 Å². The molecule has 24 heavy (non-hydrogen) atoms. The van der Waals surface area contributed by atoms with E-state index in [1.54, 1.807) is 14.2 Å². The number of hydrogen-bond acceptors (Lipinski definition) is 3. The van der Waals surface area contributed by atoms with Crippen LogP contribution in [-0.4, -0.2) is 25.2 Å². The minimum atomic E-state index is -0.476. The lowest BCUT2D eigenvalue weighted by Crippen LogP contribution is -2.23. The monoisotopic (exact) mass is 344 g/mol. The maximum atomic E-state index is 6.20. The van der Waals surface area contributed by atoms with Crippen LogP contribution in [0.5, 0.6) is 17.2 Å². The molecule has 1 unspecified atom stereocenters. The summed E-state index contributed by atoms with van der Waals surface area (Å²) in [5, 5.41) is 1.47. The summed E-state index contributed by atoms with van der Waals surface area (Å²) in [5.74, 6) is 2.85. The van der Waals surface area contributed by atoms with E-state index < -0.39 is 7.92 Å². The lowest BCUT2D eigenvalue weighted by Gasteiger charge is -2.31. The van der Waals surface area contributed by atoms with Gasteiger partial charge in [0, 0.05) is 10.9 Å². The maximum Gasteiger partial charge on any atom is 0.130 e. The summed E-state index contributed by atoms with van der Waals surface area (Å²) in [6.45, 7) is 9.07. The molecule has 3 rings (SSSR count). The van der Waals surface area contributed by atoms with Crippen LogP contribution in [0.3, 0.4) is 0 Å². The lowest BCUT2D eigenvalue weighted by atomic mass is 10.0. The van der Waals surface area contributed by atoms with Crippen LogP contribution in [0.25, 0.3) is 11.1 Å². The van der Waals surface area contributed by atoms with Gasteiger partial charge in [-0.3, -0.25) is 0 Å². The molecule has 1 aliphatic heterocycles. The maximum absolute atomic E-state index is 6.20. The van der Waals surface area contributed by atoms with Crippen molar-refractivity contribution in [1.82, 2.24) is 0 Å². The molecule has 0 N–H and O–H groups in total. The molecular weight excluding hydrogens is 319 g/mol. The zero-order valence-corrected chi connectivity index (χ0v) is 16.1. The zero-order valence-electron chi connectivity index (χ0n) is 15.2. The molecule has 128 valence electrons. The van der Waals surface area contributed by atoms with Crippen molar-refractivity contribution in [2.24, 2.45) is 0 Å². The van der Waals surface area contributed by atoms with Gasteiger partial charge in [0.2, 0.25) is 0 Å². The van der Waals surface area contributed by atoms with Crippen molar-refractivity contribution < 1.29 is 14.2 Å². The van der Waals surface area contributed by atoms with Gasteiger partial charge in [-0.05, 0) is 38.2 Å². The van der Waals surface area contributed by atoms with Gasteiger partial charge >= 0.3 is 0 Å². The highest BCUT2D eigenvalue weighted by Crippen LogP contribution is 2.60. The fourth-order valence-electron chi connectivity index (χ4n) is 3.48. The summed E-state index contributed by atoms with van der Waals surface area (Å²) < 4.78 is 17.5. The number of fused-ring (bicyclic) bond motifs is 1. The molecule has 2 aromatic carbocycles. The van der Waals surface area contributed by atoms with Crippen LogP contribution in [0.1, 0.15) is 27.7 Å². The molecule has 0 fully saturated rings. The van der Waals surface area contributed by atoms with Crippen LogP contribution in [0.4, 0.5) is 0 Å². The highest BCUT2D eigenvalue weighted by Gasteiger charge is 2.41. The summed E-state index contributed by atoms with van der Waals surface area (Å²) >= 11 is 0. The molecule has 0 spiro atoms. The highest BCUT2D eigenvalue weighted by atomic mass is 31.1. The fraction of sp³-hybridized carbons (Fsp3) is 0.400. The molecule has 0 saturated carbocycles. The molecule has 0 aromatic heterocycles. The molecule has 3 nitrogen and oxygen atoms in total. The summed E-state index contributed by atoms with van der Waals surface area (Å²) in [5.41, 5.74) is 2.17. The Labute approximate surface area is 145 Å². The second-order valence-electron chi connectivity index (χ2n) is 6.95. The Morgan fingerprint density at radius 2 is 1.54 bits per heavy atom. The van der Waals surface area contributed by atoms with Crippen LogP contribution < -0.4 is 19.5 Å². The lowest BCUT2D eigenvalue weighted by molar-refractivity contribution is 0.313. The Hall–Kier alpha value is -1.73. The molecular formula is C20H25O3P. The molecule has 0 amide bonds. The number of benzene rings is 2. The van der Waals surface area contributed by atoms with E-state index in [9.17, 15) is 0 Å². The first-order valence-corrected chi connectivity index (χ1v) is 9.60. The Kier molecular flexibility index (Phi) is 4.48. The van der Waals surface area contributed by atoms with Gasteiger partial charge in [-0.25, -0.2) is 0 Å². The molecule has 1 heterocycles. The van der Waals surface area contributed by atoms with Crippen LogP contribution >= 0.6 is 7.92 Å². The van der Waals surface area contributed by atoms with Crippen molar-refractivity contribution in [1.29, 1.82) is 0 Å². The van der Waals surface area contributed by atoms with Gasteiger partial charge in [0.25, 0.3) is 0 Å². The van der Waals surface area contributed by atoms with Crippen molar-refractivity contribution in [2.75, 3.05) is 14.2 Å². The summed E-state index contributed by atoms with van der Waals surface area (Å²) in [6.07, 6.45) is 0. The smallest absolute Gasteiger partial charge is 0.130 e. The highest BCUT2D eigenvalue weighted by molar-refractivity contribution is 7.68. The quantitative estimate of drug-likeness (QED) is 0.732. The van der Waals surface area contributed by atoms with E-state index in [0.29, 0.717) is 0 Å². The number of rotatable bonds is 3. The van der Waals surface area contributed by atoms with E-state index in [0.717, 1.165) is 28.4 Å². The third-order valence-corrected chi connectivity index (χ3v) is 7.54. The third-order valence-electron chi connectivity index (χ3n) is 4.32. The predicted octanol–water partition coefficient (Wildman–Crippen LogP) is 5.01. The predicted molar refractivity (Wildman–Crippen MR) is 101 cm³/mol. The van der Waals surface area contributed by atoms with Gasteiger partial charge in [-0.15, -0.1) is 0 Å². The number of ether oxygens (including phenoxy) is 3. The normalized spacial score (nSPS) is 19.6. The largest absolute Gasteiger partial charge is 0.496 e. The van der Waals surface area contributed by atoms with E-state index in [1.807, 2.05) is 24.3 Å². The standard InChI is InChI=1S/C20H25O3P/c1-13-23-17-12-7-9-14(19(17)24(13)20(2,3)4)18-15(21-5)10-8-11-16(18)22-6/h7-13H,1-6H3/t13?,24-/m1/s1. The van der Waals surface area contributed by atoms with Gasteiger partial charge in [-0.1, -0.05) is 39.0 Å². The summed E-state index contributed by atoms with van der Waals surface area (Å²) in [7, 11) is 2.93. The van der Waals surface area contributed by atoms with Crippen molar-refractivity contribution in [3.05, 3.63) is 36.4 Å². The molecule has 2 aromatic rings. The SMILES string of the molecule is COc1cccc(OC)c1-c1cccc2c1[P@](C(C)(C)C)C(C)O2. The summed E-state index contributed by atoms with van der Waals surface area (Å²) in [6, 6.07) is 12.2. The van der Waals surface area contributed by atoms with Crippen LogP contribution in [-0.2, 0) is 0 Å². The van der Waals surface area contributed by atoms with Gasteiger partial charge < -0.3 is 14.2 Å². The van der Waals surface area contributed by atoms with E-state index >= 15 is 0 Å². The van der Waals surface area contributed by atoms with E-state index in [2.05, 4.69) is 39.8 Å². The minimum absolute atomic E-state index is 0.158. The van der Waals surface area contributed by atoms with Gasteiger partial charge in [0.05, 0.1) is 19.8 Å². The average molecular weight is 344 g/mol. The van der Waals surface area contributed by atoms with Crippen LogP contribution in [0.2, 0.25) is 0 Å². The van der Waals surface area contributed by atoms with Crippen LogP contribution in [0, 0.1) is 0 Å². The Morgan fingerprint density at radius 3 is 2.08 bits per heavy atom. The number of methoxy groups -OCH3 is 2. The summed E-state index contributed by atoms with van der Waals surface area (Å²) in [4.78, 5) is 0. The Morgan fingerprint density at radius 1 is 0.958 bits per heavy atom. The van der Waals surface area contributed by atoms with Crippen molar-refractivity contribution >= 4 is 13.2 Å². The van der Waals surface area contributed by atoms with Gasteiger partial charge in [0.1, 0.15) is 23.1 Å².